The van der Waals surface area contributed by atoms with Crippen LogP contribution in [0, 0.1) is 0 Å². The molecule has 0 aromatic heterocycles. The number of rotatable bonds is 2. The normalized spacial score (nSPS) is 37.4. The van der Waals surface area contributed by atoms with Crippen molar-refractivity contribution in [2.24, 2.45) is 0 Å². The molecule has 3 heteroatoms. The first-order valence-electron chi connectivity index (χ1n) is 7.04. The zero-order chi connectivity index (χ0) is 11.7. The number of piperazine rings is 3. The molecule has 4 rings (SSSR count). The number of hydrogen-bond acceptors (Lipinski definition) is 3. The summed E-state index contributed by atoms with van der Waals surface area (Å²) in [6.07, 6.45) is 8.09. The third kappa shape index (κ3) is 2.31. The molecule has 3 aliphatic heterocycles. The van der Waals surface area contributed by atoms with Crippen molar-refractivity contribution in [3.63, 3.8) is 0 Å². The largest absolute Gasteiger partial charge is 0.299 e. The summed E-state index contributed by atoms with van der Waals surface area (Å²) in [6, 6.07) is 0.168. The van der Waals surface area contributed by atoms with E-state index in [0.29, 0.717) is 5.78 Å². The van der Waals surface area contributed by atoms with Crippen molar-refractivity contribution in [3.8, 4) is 0 Å². The fraction of sp³-hybridized carbons (Fsp3) is 0.786. The molecule has 0 aromatic rings. The number of hydrogen-bond donors (Lipinski definition) is 0. The molecule has 3 heterocycles. The highest BCUT2D eigenvalue weighted by molar-refractivity contribution is 5.99. The maximum Gasteiger partial charge on any atom is 0.176 e. The SMILES string of the molecule is O=C(C1=CCCCCC1)C1CN2CCN1CC2. The van der Waals surface area contributed by atoms with Gasteiger partial charge in [-0.2, -0.15) is 0 Å². The molecule has 17 heavy (non-hydrogen) atoms. The molecule has 94 valence electrons. The molecule has 0 saturated carbocycles. The number of carbonyl (C=O) groups is 1. The number of ketones is 1. The van der Waals surface area contributed by atoms with Crippen LogP contribution in [0.25, 0.3) is 0 Å². The summed E-state index contributed by atoms with van der Waals surface area (Å²) in [5, 5.41) is 0. The van der Waals surface area contributed by atoms with E-state index in [9.17, 15) is 4.79 Å². The first kappa shape index (κ1) is 11.4. The molecule has 0 radical (unpaired) electrons. The van der Waals surface area contributed by atoms with Crippen LogP contribution in [0.4, 0.5) is 0 Å². The summed E-state index contributed by atoms with van der Waals surface area (Å²) < 4.78 is 0. The highest BCUT2D eigenvalue weighted by atomic mass is 16.1. The van der Waals surface area contributed by atoms with Gasteiger partial charge in [0.1, 0.15) is 0 Å². The minimum absolute atomic E-state index is 0.168. The lowest BCUT2D eigenvalue weighted by Gasteiger charge is -2.46. The Morgan fingerprint density at radius 2 is 1.94 bits per heavy atom. The molecule has 1 aliphatic carbocycles. The van der Waals surface area contributed by atoms with Crippen LogP contribution in [-0.4, -0.2) is 54.3 Å². The van der Waals surface area contributed by atoms with Gasteiger partial charge in [-0.1, -0.05) is 12.5 Å². The molecule has 2 bridgehead atoms. The summed E-state index contributed by atoms with van der Waals surface area (Å²) in [7, 11) is 0. The van der Waals surface area contributed by atoms with E-state index in [0.717, 1.165) is 51.1 Å². The topological polar surface area (TPSA) is 23.6 Å². The van der Waals surface area contributed by atoms with Gasteiger partial charge < -0.3 is 0 Å². The van der Waals surface area contributed by atoms with Gasteiger partial charge in [0, 0.05) is 32.7 Å². The summed E-state index contributed by atoms with van der Waals surface area (Å²) >= 11 is 0. The van der Waals surface area contributed by atoms with Crippen LogP contribution in [-0.2, 0) is 4.79 Å². The van der Waals surface area contributed by atoms with E-state index >= 15 is 0 Å². The summed E-state index contributed by atoms with van der Waals surface area (Å²) in [5.74, 6) is 0.427. The van der Waals surface area contributed by atoms with E-state index in [4.69, 9.17) is 0 Å². The lowest BCUT2D eigenvalue weighted by Crippen LogP contribution is -2.63. The molecule has 3 nitrogen and oxygen atoms in total. The molecule has 1 unspecified atom stereocenters. The zero-order valence-electron chi connectivity index (χ0n) is 10.5. The van der Waals surface area contributed by atoms with Gasteiger partial charge >= 0.3 is 0 Å². The average Bonchev–Trinajstić information content (AvgIpc) is 2.68. The number of Topliss-reactive ketones (excluding diaryl/α,β-unsaturated/α-hetero) is 1. The van der Waals surface area contributed by atoms with E-state index in [1.54, 1.807) is 0 Å². The highest BCUT2D eigenvalue weighted by Crippen LogP contribution is 2.23. The van der Waals surface area contributed by atoms with E-state index in [1.807, 2.05) is 0 Å². The van der Waals surface area contributed by atoms with Crippen molar-refractivity contribution in [3.05, 3.63) is 11.6 Å². The first-order valence-corrected chi connectivity index (χ1v) is 7.04. The Kier molecular flexibility index (Phi) is 3.30. The quantitative estimate of drug-likeness (QED) is 0.722. The predicted octanol–water partition coefficient (Wildman–Crippen LogP) is 1.45. The van der Waals surface area contributed by atoms with Gasteiger partial charge in [0.15, 0.2) is 5.78 Å². The van der Waals surface area contributed by atoms with Crippen LogP contribution < -0.4 is 0 Å². The molecule has 0 aromatic carbocycles. The smallest absolute Gasteiger partial charge is 0.176 e. The van der Waals surface area contributed by atoms with Gasteiger partial charge in [-0.05, 0) is 31.3 Å². The Labute approximate surface area is 103 Å². The van der Waals surface area contributed by atoms with Gasteiger partial charge in [0.05, 0.1) is 6.04 Å². The molecular formula is C14H22N2O. The van der Waals surface area contributed by atoms with Gasteiger partial charge in [0.25, 0.3) is 0 Å². The van der Waals surface area contributed by atoms with Crippen molar-refractivity contribution in [2.45, 2.75) is 38.1 Å². The molecule has 1 atom stereocenters. The van der Waals surface area contributed by atoms with Gasteiger partial charge in [-0.25, -0.2) is 0 Å². The Bertz CT molecular complexity index is 329. The van der Waals surface area contributed by atoms with Crippen LogP contribution >= 0.6 is 0 Å². The van der Waals surface area contributed by atoms with E-state index in [-0.39, 0.29) is 6.04 Å². The Morgan fingerprint density at radius 1 is 1.12 bits per heavy atom. The van der Waals surface area contributed by atoms with Gasteiger partial charge in [-0.15, -0.1) is 0 Å². The van der Waals surface area contributed by atoms with Crippen LogP contribution in [0.2, 0.25) is 0 Å². The standard InChI is InChI=1S/C14H22N2O/c17-14(12-5-3-1-2-4-6-12)13-11-15-7-9-16(13)10-8-15/h5,13H,1-4,6-11H2. The minimum Gasteiger partial charge on any atom is -0.299 e. The molecular weight excluding hydrogens is 212 g/mol. The van der Waals surface area contributed by atoms with Crippen molar-refractivity contribution in [1.29, 1.82) is 0 Å². The monoisotopic (exact) mass is 234 g/mol. The van der Waals surface area contributed by atoms with Crippen molar-refractivity contribution in [2.75, 3.05) is 32.7 Å². The zero-order valence-corrected chi connectivity index (χ0v) is 10.5. The molecule has 3 saturated heterocycles. The second kappa shape index (κ2) is 4.91. The van der Waals surface area contributed by atoms with Crippen molar-refractivity contribution in [1.82, 2.24) is 9.80 Å². The Balaban J connectivity index is 1.71. The predicted molar refractivity (Wildman–Crippen MR) is 68.0 cm³/mol. The number of nitrogens with zero attached hydrogens (tertiary/aromatic N) is 2. The molecule has 4 aliphatic rings. The first-order chi connectivity index (χ1) is 8.34. The third-order valence-corrected chi connectivity index (χ3v) is 4.44. The molecule has 0 amide bonds. The van der Waals surface area contributed by atoms with Crippen molar-refractivity contribution >= 4 is 5.78 Å². The van der Waals surface area contributed by atoms with E-state index in [2.05, 4.69) is 15.9 Å². The van der Waals surface area contributed by atoms with Gasteiger partial charge in [0.2, 0.25) is 0 Å². The second-order valence-electron chi connectivity index (χ2n) is 5.55. The van der Waals surface area contributed by atoms with E-state index in [1.165, 1.54) is 19.3 Å². The van der Waals surface area contributed by atoms with Crippen molar-refractivity contribution < 1.29 is 4.79 Å². The van der Waals surface area contributed by atoms with Crippen LogP contribution in [0.3, 0.4) is 0 Å². The Morgan fingerprint density at radius 3 is 2.65 bits per heavy atom. The second-order valence-corrected chi connectivity index (χ2v) is 5.55. The van der Waals surface area contributed by atoms with Gasteiger partial charge in [-0.3, -0.25) is 14.6 Å². The van der Waals surface area contributed by atoms with Crippen LogP contribution in [0.15, 0.2) is 11.6 Å². The fourth-order valence-corrected chi connectivity index (χ4v) is 3.32. The molecule has 0 N–H and O–H groups in total. The maximum absolute atomic E-state index is 12.6. The number of carbonyl (C=O) groups excluding carboxylic acids is 1. The maximum atomic E-state index is 12.6. The average molecular weight is 234 g/mol. The fourth-order valence-electron chi connectivity index (χ4n) is 3.32. The number of allylic oxidation sites excluding steroid dienone is 1. The summed E-state index contributed by atoms with van der Waals surface area (Å²) in [4.78, 5) is 17.4. The third-order valence-electron chi connectivity index (χ3n) is 4.44. The minimum atomic E-state index is 0.168. The lowest BCUT2D eigenvalue weighted by molar-refractivity contribution is -0.125. The van der Waals surface area contributed by atoms with Crippen LogP contribution in [0.5, 0.6) is 0 Å². The molecule has 3 fully saturated rings. The molecule has 0 spiro atoms. The summed E-state index contributed by atoms with van der Waals surface area (Å²) in [5.41, 5.74) is 1.13. The van der Waals surface area contributed by atoms with Crippen LogP contribution in [0.1, 0.15) is 32.1 Å². The highest BCUT2D eigenvalue weighted by Gasteiger charge is 2.36. The Hall–Kier alpha value is -0.670. The van der Waals surface area contributed by atoms with E-state index < -0.39 is 0 Å². The number of fused-ring (bicyclic) bond motifs is 3. The lowest BCUT2D eigenvalue weighted by atomic mass is 9.95. The summed E-state index contributed by atoms with van der Waals surface area (Å²) in [6.45, 7) is 5.45.